The van der Waals surface area contributed by atoms with Crippen LogP contribution in [0.5, 0.6) is 0 Å². The van der Waals surface area contributed by atoms with Crippen molar-refractivity contribution in [2.45, 2.75) is 13.0 Å². The van der Waals surface area contributed by atoms with Gasteiger partial charge in [0.2, 0.25) is 5.43 Å². The van der Waals surface area contributed by atoms with Crippen LogP contribution in [-0.2, 0) is 13.0 Å². The first-order valence-corrected chi connectivity index (χ1v) is 4.75. The summed E-state index contributed by atoms with van der Waals surface area (Å²) >= 11 is 0. The minimum atomic E-state index is -1.05. The molecular formula is C10H9N3O3. The number of rotatable bonds is 0. The molecule has 2 rings (SSSR count). The first kappa shape index (κ1) is 10.2. The molecule has 82 valence electrons. The van der Waals surface area contributed by atoms with E-state index in [0.29, 0.717) is 18.5 Å². The number of pyridine rings is 1. The zero-order valence-electron chi connectivity index (χ0n) is 8.36. The summed E-state index contributed by atoms with van der Waals surface area (Å²) < 4.78 is 0. The summed E-state index contributed by atoms with van der Waals surface area (Å²) in [5.74, 6) is 0. The Morgan fingerprint density at radius 1 is 1.62 bits per heavy atom. The van der Waals surface area contributed by atoms with Gasteiger partial charge in [0.05, 0.1) is 6.54 Å². The Balaban J connectivity index is 2.48. The third kappa shape index (κ3) is 1.52. The summed E-state index contributed by atoms with van der Waals surface area (Å²) in [4.78, 5) is 26.6. The largest absolute Gasteiger partial charge is 0.465 e. The van der Waals surface area contributed by atoms with Crippen LogP contribution in [0.15, 0.2) is 11.0 Å². The standard InChI is InChI=1S/C10H9N3O3/c11-3-6-4-12-8-1-2-13(10(15)16)5-7(8)9(6)14/h4H,1-2,5H2,(H,12,14)(H,15,16). The third-order valence-corrected chi connectivity index (χ3v) is 2.65. The number of fused-ring (bicyclic) bond motifs is 1. The Morgan fingerprint density at radius 3 is 3.00 bits per heavy atom. The van der Waals surface area contributed by atoms with Gasteiger partial charge in [-0.25, -0.2) is 4.79 Å². The number of H-pyrrole nitrogens is 1. The predicted octanol–water partition coefficient (Wildman–Crippen LogP) is 0.283. The SMILES string of the molecule is N#Cc1c[nH]c2c(c1=O)CN(C(=O)O)CC2. The molecule has 6 heteroatoms. The number of carbonyl (C=O) groups is 1. The van der Waals surface area contributed by atoms with Crippen LogP contribution in [0.25, 0.3) is 0 Å². The number of nitrogens with one attached hydrogen (secondary N) is 1. The van der Waals surface area contributed by atoms with E-state index in [4.69, 9.17) is 10.4 Å². The maximum Gasteiger partial charge on any atom is 0.407 e. The summed E-state index contributed by atoms with van der Waals surface area (Å²) in [6.45, 7) is 0.416. The number of hydrogen-bond donors (Lipinski definition) is 2. The van der Waals surface area contributed by atoms with Crippen LogP contribution in [0, 0.1) is 11.3 Å². The average molecular weight is 219 g/mol. The molecule has 2 heterocycles. The lowest BCUT2D eigenvalue weighted by molar-refractivity contribution is 0.139. The second kappa shape index (κ2) is 3.70. The molecule has 16 heavy (non-hydrogen) atoms. The number of aromatic amines is 1. The first-order chi connectivity index (χ1) is 7.63. The Labute approximate surface area is 90.7 Å². The van der Waals surface area contributed by atoms with Crippen LogP contribution in [0.4, 0.5) is 4.79 Å². The van der Waals surface area contributed by atoms with Gasteiger partial charge in [-0.2, -0.15) is 5.26 Å². The first-order valence-electron chi connectivity index (χ1n) is 4.75. The van der Waals surface area contributed by atoms with E-state index in [2.05, 4.69) is 4.98 Å². The number of amides is 1. The summed E-state index contributed by atoms with van der Waals surface area (Å²) in [5, 5.41) is 17.5. The number of nitrogens with zero attached hydrogens (tertiary/aromatic N) is 2. The Hall–Kier alpha value is -2.29. The van der Waals surface area contributed by atoms with Crippen molar-refractivity contribution in [2.75, 3.05) is 6.54 Å². The van der Waals surface area contributed by atoms with Crippen LogP contribution >= 0.6 is 0 Å². The van der Waals surface area contributed by atoms with Gasteiger partial charge in [-0.05, 0) is 0 Å². The molecule has 1 aromatic heterocycles. The van der Waals surface area contributed by atoms with Crippen molar-refractivity contribution in [1.82, 2.24) is 9.88 Å². The van der Waals surface area contributed by atoms with Crippen molar-refractivity contribution >= 4 is 6.09 Å². The van der Waals surface area contributed by atoms with Crippen molar-refractivity contribution in [3.05, 3.63) is 33.2 Å². The fraction of sp³-hybridized carbons (Fsp3) is 0.300. The highest BCUT2D eigenvalue weighted by Gasteiger charge is 2.23. The molecule has 0 saturated carbocycles. The molecular weight excluding hydrogens is 210 g/mol. The number of aromatic nitrogens is 1. The highest BCUT2D eigenvalue weighted by Crippen LogP contribution is 2.13. The molecule has 0 spiro atoms. The van der Waals surface area contributed by atoms with E-state index in [1.165, 1.54) is 11.1 Å². The fourth-order valence-electron chi connectivity index (χ4n) is 1.76. The van der Waals surface area contributed by atoms with Gasteiger partial charge < -0.3 is 15.0 Å². The van der Waals surface area contributed by atoms with Crippen molar-refractivity contribution in [2.24, 2.45) is 0 Å². The van der Waals surface area contributed by atoms with Gasteiger partial charge in [0.25, 0.3) is 0 Å². The van der Waals surface area contributed by atoms with E-state index < -0.39 is 6.09 Å². The molecule has 1 aromatic rings. The van der Waals surface area contributed by atoms with Crippen LogP contribution in [0.3, 0.4) is 0 Å². The van der Waals surface area contributed by atoms with Crippen molar-refractivity contribution in [3.63, 3.8) is 0 Å². The third-order valence-electron chi connectivity index (χ3n) is 2.65. The zero-order valence-corrected chi connectivity index (χ0v) is 8.36. The molecule has 0 unspecified atom stereocenters. The maximum absolute atomic E-state index is 11.8. The fourth-order valence-corrected chi connectivity index (χ4v) is 1.76. The number of carboxylic acid groups (broad SMARTS) is 1. The summed E-state index contributed by atoms with van der Waals surface area (Å²) in [5.41, 5.74) is 0.752. The van der Waals surface area contributed by atoms with Crippen LogP contribution in [0.2, 0.25) is 0 Å². The van der Waals surface area contributed by atoms with Crippen LogP contribution < -0.4 is 5.43 Å². The molecule has 6 nitrogen and oxygen atoms in total. The van der Waals surface area contributed by atoms with Gasteiger partial charge in [0.15, 0.2) is 0 Å². The van der Waals surface area contributed by atoms with E-state index in [1.807, 2.05) is 0 Å². The second-order valence-electron chi connectivity index (χ2n) is 3.55. The van der Waals surface area contributed by atoms with Gasteiger partial charge in [0.1, 0.15) is 11.6 Å². The molecule has 2 N–H and O–H groups in total. The molecule has 0 radical (unpaired) electrons. The van der Waals surface area contributed by atoms with Crippen molar-refractivity contribution < 1.29 is 9.90 Å². The van der Waals surface area contributed by atoms with Gasteiger partial charge in [0, 0.05) is 30.4 Å². The molecule has 0 aromatic carbocycles. The van der Waals surface area contributed by atoms with Crippen LogP contribution in [0.1, 0.15) is 16.8 Å². The topological polar surface area (TPSA) is 97.2 Å². The minimum absolute atomic E-state index is 0.0194. The highest BCUT2D eigenvalue weighted by atomic mass is 16.4. The number of hydrogen-bond acceptors (Lipinski definition) is 3. The Morgan fingerprint density at radius 2 is 2.38 bits per heavy atom. The predicted molar refractivity (Wildman–Crippen MR) is 53.9 cm³/mol. The second-order valence-corrected chi connectivity index (χ2v) is 3.55. The number of nitriles is 1. The van der Waals surface area contributed by atoms with Crippen LogP contribution in [-0.4, -0.2) is 27.6 Å². The Kier molecular flexibility index (Phi) is 2.37. The van der Waals surface area contributed by atoms with Crippen molar-refractivity contribution in [1.29, 1.82) is 5.26 Å². The smallest absolute Gasteiger partial charge is 0.407 e. The van der Waals surface area contributed by atoms with E-state index in [0.717, 1.165) is 5.69 Å². The monoisotopic (exact) mass is 219 g/mol. The van der Waals surface area contributed by atoms with Gasteiger partial charge in [-0.3, -0.25) is 4.79 Å². The average Bonchev–Trinajstić information content (AvgIpc) is 2.29. The minimum Gasteiger partial charge on any atom is -0.465 e. The molecule has 0 fully saturated rings. The lowest BCUT2D eigenvalue weighted by Gasteiger charge is -2.25. The van der Waals surface area contributed by atoms with Gasteiger partial charge in [-0.15, -0.1) is 0 Å². The summed E-state index contributed by atoms with van der Waals surface area (Å²) in [6.07, 6.45) is 0.799. The lowest BCUT2D eigenvalue weighted by atomic mass is 10.0. The quantitative estimate of drug-likeness (QED) is 0.655. The molecule has 1 amide bonds. The normalized spacial score (nSPS) is 14.1. The molecule has 0 atom stereocenters. The molecule has 0 saturated heterocycles. The molecule has 1 aliphatic rings. The van der Waals surface area contributed by atoms with E-state index in [1.54, 1.807) is 6.07 Å². The Bertz CT molecular complexity index is 541. The molecule has 1 aliphatic heterocycles. The van der Waals surface area contributed by atoms with E-state index in [-0.39, 0.29) is 17.5 Å². The van der Waals surface area contributed by atoms with Gasteiger partial charge >= 0.3 is 6.09 Å². The molecule has 0 aliphatic carbocycles. The highest BCUT2D eigenvalue weighted by molar-refractivity contribution is 5.65. The van der Waals surface area contributed by atoms with Crippen molar-refractivity contribution in [3.8, 4) is 6.07 Å². The van der Waals surface area contributed by atoms with E-state index in [9.17, 15) is 9.59 Å². The lowest BCUT2D eigenvalue weighted by Crippen LogP contribution is -2.38. The molecule has 0 bridgehead atoms. The summed E-state index contributed by atoms with van der Waals surface area (Å²) in [6, 6.07) is 1.78. The van der Waals surface area contributed by atoms with Gasteiger partial charge in [-0.1, -0.05) is 0 Å². The van der Waals surface area contributed by atoms with E-state index >= 15 is 0 Å². The zero-order chi connectivity index (χ0) is 11.7. The maximum atomic E-state index is 11.8. The summed E-state index contributed by atoms with van der Waals surface area (Å²) in [7, 11) is 0.